The fourth-order valence-corrected chi connectivity index (χ4v) is 6.20. The van der Waals surface area contributed by atoms with Crippen LogP contribution in [-0.4, -0.2) is 69.0 Å². The van der Waals surface area contributed by atoms with E-state index in [1.54, 1.807) is 21.7 Å². The maximum Gasteiger partial charge on any atom is 0.281 e. The van der Waals surface area contributed by atoms with Gasteiger partial charge in [-0.15, -0.1) is 0 Å². The minimum absolute atomic E-state index is 0.0295. The van der Waals surface area contributed by atoms with Crippen molar-refractivity contribution in [2.24, 2.45) is 0 Å². The molecule has 2 saturated heterocycles. The van der Waals surface area contributed by atoms with Gasteiger partial charge in [0.15, 0.2) is 0 Å². The van der Waals surface area contributed by atoms with Crippen molar-refractivity contribution in [3.63, 3.8) is 0 Å². The van der Waals surface area contributed by atoms with Crippen molar-refractivity contribution in [2.45, 2.75) is 44.2 Å². The van der Waals surface area contributed by atoms with Gasteiger partial charge in [-0.25, -0.2) is 4.39 Å². The molecule has 0 aromatic heterocycles. The van der Waals surface area contributed by atoms with Crippen molar-refractivity contribution in [2.75, 3.05) is 44.8 Å². The zero-order valence-corrected chi connectivity index (χ0v) is 16.6. The lowest BCUT2D eigenvalue weighted by Gasteiger charge is -2.40. The van der Waals surface area contributed by atoms with Crippen LogP contribution in [0.15, 0.2) is 18.2 Å². The van der Waals surface area contributed by atoms with E-state index in [2.05, 4.69) is 4.90 Å². The maximum atomic E-state index is 13.4. The number of hydrogen-bond acceptors (Lipinski definition) is 4. The molecule has 1 aromatic rings. The molecule has 8 heteroatoms. The molecule has 0 atom stereocenters. The van der Waals surface area contributed by atoms with Gasteiger partial charge in [-0.3, -0.25) is 0 Å². The number of halogens is 1. The summed E-state index contributed by atoms with van der Waals surface area (Å²) in [6, 6.07) is 5.34. The molecule has 27 heavy (non-hydrogen) atoms. The summed E-state index contributed by atoms with van der Waals surface area (Å²) in [5.74, 6) is -0.187. The van der Waals surface area contributed by atoms with Crippen molar-refractivity contribution >= 4 is 15.9 Å². The monoisotopic (exact) mass is 397 g/mol. The predicted molar refractivity (Wildman–Crippen MR) is 103 cm³/mol. The van der Waals surface area contributed by atoms with E-state index < -0.39 is 10.2 Å². The Hall–Kier alpha value is -1.22. The summed E-state index contributed by atoms with van der Waals surface area (Å²) in [6.07, 6.45) is 3.98. The summed E-state index contributed by atoms with van der Waals surface area (Å²) in [7, 11) is -1.73. The second-order valence-electron chi connectivity index (χ2n) is 7.71. The number of nitrogens with zero attached hydrogens (tertiary/aromatic N) is 3. The Balaban J connectivity index is 1.39. The smallest absolute Gasteiger partial charge is 0.281 e. The SMILES string of the molecule is CN(C1CCOCC1)S(=O)(=O)N1CCC(N2CCc3cc(F)ccc32)CC1. The molecule has 0 unspecified atom stereocenters. The first-order chi connectivity index (χ1) is 13.0. The second-order valence-corrected chi connectivity index (χ2v) is 9.70. The van der Waals surface area contributed by atoms with E-state index in [0.717, 1.165) is 49.9 Å². The number of rotatable bonds is 4. The Morgan fingerprint density at radius 2 is 1.81 bits per heavy atom. The maximum absolute atomic E-state index is 13.4. The molecule has 0 aliphatic carbocycles. The summed E-state index contributed by atoms with van der Waals surface area (Å²) < 4.78 is 48.0. The summed E-state index contributed by atoms with van der Waals surface area (Å²) in [4.78, 5) is 2.33. The number of fused-ring (bicyclic) bond motifs is 1. The molecular weight excluding hydrogens is 369 g/mol. The average molecular weight is 398 g/mol. The molecule has 4 rings (SSSR count). The topological polar surface area (TPSA) is 53.1 Å². The first-order valence-corrected chi connectivity index (χ1v) is 11.2. The highest BCUT2D eigenvalue weighted by Crippen LogP contribution is 2.33. The van der Waals surface area contributed by atoms with Crippen LogP contribution in [-0.2, 0) is 21.4 Å². The number of ether oxygens (including phenoxy) is 1. The Morgan fingerprint density at radius 1 is 1.11 bits per heavy atom. The molecule has 3 aliphatic heterocycles. The fourth-order valence-electron chi connectivity index (χ4n) is 4.58. The summed E-state index contributed by atoms with van der Waals surface area (Å²) in [5, 5.41) is 0. The Morgan fingerprint density at radius 3 is 2.52 bits per heavy atom. The second kappa shape index (κ2) is 7.66. The van der Waals surface area contributed by atoms with Crippen LogP contribution >= 0.6 is 0 Å². The molecule has 6 nitrogen and oxygen atoms in total. The van der Waals surface area contributed by atoms with Gasteiger partial charge in [0.25, 0.3) is 10.2 Å². The standard InChI is InChI=1S/C19H28FN3O3S/c1-21(17-7-12-26-13-8-17)27(24,25)22-9-5-18(6-10-22)23-11-4-15-14-16(20)2-3-19(15)23/h2-3,14,17-18H,4-13H2,1H3. The van der Waals surface area contributed by atoms with Crippen LogP contribution in [0.25, 0.3) is 0 Å². The van der Waals surface area contributed by atoms with Gasteiger partial charge in [0, 0.05) is 57.7 Å². The van der Waals surface area contributed by atoms with Crippen molar-refractivity contribution in [3.8, 4) is 0 Å². The van der Waals surface area contributed by atoms with E-state index in [9.17, 15) is 12.8 Å². The molecule has 3 heterocycles. The molecular formula is C19H28FN3O3S. The third-order valence-corrected chi connectivity index (χ3v) is 8.28. The first kappa shape index (κ1) is 19.1. The van der Waals surface area contributed by atoms with Crippen molar-refractivity contribution in [1.29, 1.82) is 0 Å². The fraction of sp³-hybridized carbons (Fsp3) is 0.684. The van der Waals surface area contributed by atoms with Gasteiger partial charge in [0.2, 0.25) is 0 Å². The van der Waals surface area contributed by atoms with Crippen LogP contribution in [0.1, 0.15) is 31.2 Å². The number of hydrogen-bond donors (Lipinski definition) is 0. The lowest BCUT2D eigenvalue weighted by Crippen LogP contribution is -2.52. The van der Waals surface area contributed by atoms with E-state index in [-0.39, 0.29) is 11.9 Å². The Labute approximate surface area is 161 Å². The summed E-state index contributed by atoms with van der Waals surface area (Å²) >= 11 is 0. The molecule has 0 amide bonds. The highest BCUT2D eigenvalue weighted by atomic mass is 32.2. The van der Waals surface area contributed by atoms with Crippen molar-refractivity contribution in [3.05, 3.63) is 29.6 Å². The van der Waals surface area contributed by atoms with Gasteiger partial charge in [-0.1, -0.05) is 0 Å². The van der Waals surface area contributed by atoms with E-state index in [0.29, 0.717) is 32.3 Å². The van der Waals surface area contributed by atoms with Crippen LogP contribution in [0.3, 0.4) is 0 Å². The van der Waals surface area contributed by atoms with Crippen molar-refractivity contribution < 1.29 is 17.5 Å². The van der Waals surface area contributed by atoms with Crippen LogP contribution in [0.4, 0.5) is 10.1 Å². The van der Waals surface area contributed by atoms with Crippen LogP contribution < -0.4 is 4.90 Å². The zero-order valence-electron chi connectivity index (χ0n) is 15.8. The summed E-state index contributed by atoms with van der Waals surface area (Å²) in [6.45, 7) is 3.21. The van der Waals surface area contributed by atoms with Crippen LogP contribution in [0, 0.1) is 5.82 Å². The third-order valence-electron chi connectivity index (χ3n) is 6.23. The molecule has 0 bridgehead atoms. The van der Waals surface area contributed by atoms with Gasteiger partial charge >= 0.3 is 0 Å². The number of benzene rings is 1. The molecule has 2 fully saturated rings. The lowest BCUT2D eigenvalue weighted by atomic mass is 10.0. The number of piperidine rings is 1. The van der Waals surface area contributed by atoms with E-state index in [1.807, 2.05) is 6.07 Å². The number of anilines is 1. The van der Waals surface area contributed by atoms with Crippen molar-refractivity contribution in [1.82, 2.24) is 8.61 Å². The Bertz CT molecular complexity index is 774. The first-order valence-electron chi connectivity index (χ1n) is 9.83. The van der Waals surface area contributed by atoms with Gasteiger partial charge in [-0.05, 0) is 55.9 Å². The highest BCUT2D eigenvalue weighted by molar-refractivity contribution is 7.86. The summed E-state index contributed by atoms with van der Waals surface area (Å²) in [5.41, 5.74) is 2.17. The molecule has 1 aromatic carbocycles. The minimum atomic E-state index is -3.43. The van der Waals surface area contributed by atoms with Crippen LogP contribution in [0.2, 0.25) is 0 Å². The average Bonchev–Trinajstić information content (AvgIpc) is 3.11. The lowest BCUT2D eigenvalue weighted by molar-refractivity contribution is 0.0615. The van der Waals surface area contributed by atoms with Crippen LogP contribution in [0.5, 0.6) is 0 Å². The molecule has 0 spiro atoms. The normalized spacial score (nSPS) is 23.1. The van der Waals surface area contributed by atoms with Gasteiger partial charge < -0.3 is 9.64 Å². The molecule has 0 radical (unpaired) electrons. The van der Waals surface area contributed by atoms with E-state index in [4.69, 9.17) is 4.74 Å². The highest BCUT2D eigenvalue weighted by Gasteiger charge is 2.37. The van der Waals surface area contributed by atoms with Gasteiger partial charge in [0.05, 0.1) is 0 Å². The van der Waals surface area contributed by atoms with E-state index >= 15 is 0 Å². The third kappa shape index (κ3) is 3.72. The van der Waals surface area contributed by atoms with Gasteiger partial charge in [-0.2, -0.15) is 17.0 Å². The quantitative estimate of drug-likeness (QED) is 0.780. The molecule has 0 N–H and O–H groups in total. The zero-order chi connectivity index (χ0) is 19.0. The molecule has 150 valence electrons. The van der Waals surface area contributed by atoms with Gasteiger partial charge in [0.1, 0.15) is 5.82 Å². The van der Waals surface area contributed by atoms with E-state index in [1.165, 1.54) is 6.07 Å². The predicted octanol–water partition coefficient (Wildman–Crippen LogP) is 2.01. The Kier molecular flexibility index (Phi) is 5.42. The largest absolute Gasteiger partial charge is 0.381 e. The molecule has 0 saturated carbocycles. The molecule has 3 aliphatic rings. The minimum Gasteiger partial charge on any atom is -0.381 e.